The average molecular weight is 254 g/mol. The number of pyridine rings is 1. The van der Waals surface area contributed by atoms with Crippen LogP contribution >= 0.6 is 0 Å². The third kappa shape index (κ3) is 2.63. The van der Waals surface area contributed by atoms with Gasteiger partial charge in [-0.25, -0.2) is 9.97 Å². The molecule has 4 heteroatoms. The van der Waals surface area contributed by atoms with Crippen molar-refractivity contribution in [1.82, 2.24) is 20.3 Å². The van der Waals surface area contributed by atoms with Gasteiger partial charge in [0.2, 0.25) is 0 Å². The Bertz CT molecular complexity index is 547. The van der Waals surface area contributed by atoms with Gasteiger partial charge in [-0.2, -0.15) is 0 Å². The summed E-state index contributed by atoms with van der Waals surface area (Å²) in [5.41, 5.74) is 3.34. The summed E-state index contributed by atoms with van der Waals surface area (Å²) in [7, 11) is 0. The molecule has 0 amide bonds. The molecule has 3 rings (SSSR count). The largest absolute Gasteiger partial charge is 0.316 e. The van der Waals surface area contributed by atoms with E-state index in [9.17, 15) is 0 Å². The molecule has 2 aromatic rings. The van der Waals surface area contributed by atoms with E-state index in [4.69, 9.17) is 4.98 Å². The van der Waals surface area contributed by atoms with Crippen LogP contribution in [0.4, 0.5) is 0 Å². The molecule has 1 saturated heterocycles. The molecular weight excluding hydrogens is 236 g/mol. The van der Waals surface area contributed by atoms with Crippen LogP contribution in [0.3, 0.4) is 0 Å². The highest BCUT2D eigenvalue weighted by molar-refractivity contribution is 5.53. The van der Waals surface area contributed by atoms with Crippen molar-refractivity contribution in [2.45, 2.75) is 25.7 Å². The van der Waals surface area contributed by atoms with E-state index in [0.717, 1.165) is 24.5 Å². The number of hydrogen-bond donors (Lipinski definition) is 1. The molecule has 1 aliphatic rings. The highest BCUT2D eigenvalue weighted by Crippen LogP contribution is 2.25. The summed E-state index contributed by atoms with van der Waals surface area (Å²) in [6, 6.07) is 3.92. The summed E-state index contributed by atoms with van der Waals surface area (Å²) >= 11 is 0. The summed E-state index contributed by atoms with van der Waals surface area (Å²) in [6.07, 6.45) is 7.93. The quantitative estimate of drug-likeness (QED) is 0.893. The van der Waals surface area contributed by atoms with Crippen LogP contribution in [-0.4, -0.2) is 28.0 Å². The number of piperidine rings is 1. The third-order valence-corrected chi connectivity index (χ3v) is 3.61. The molecule has 0 saturated carbocycles. The van der Waals surface area contributed by atoms with Crippen LogP contribution in [0, 0.1) is 6.92 Å². The molecule has 0 aromatic carbocycles. The molecule has 1 fully saturated rings. The maximum atomic E-state index is 4.78. The second-order valence-corrected chi connectivity index (χ2v) is 5.05. The topological polar surface area (TPSA) is 50.7 Å². The van der Waals surface area contributed by atoms with E-state index in [2.05, 4.69) is 22.2 Å². The lowest BCUT2D eigenvalue weighted by Crippen LogP contribution is -2.29. The SMILES string of the molecule is Cc1cnc(-c2cccnc2)nc1C1CCCNC1. The van der Waals surface area contributed by atoms with Crippen molar-refractivity contribution < 1.29 is 0 Å². The van der Waals surface area contributed by atoms with Gasteiger partial charge in [0, 0.05) is 36.6 Å². The summed E-state index contributed by atoms with van der Waals surface area (Å²) in [5, 5.41) is 3.45. The van der Waals surface area contributed by atoms with Crippen molar-refractivity contribution in [1.29, 1.82) is 0 Å². The summed E-state index contributed by atoms with van der Waals surface area (Å²) in [4.78, 5) is 13.3. The first-order chi connectivity index (χ1) is 9.34. The van der Waals surface area contributed by atoms with Crippen molar-refractivity contribution in [3.8, 4) is 11.4 Å². The fourth-order valence-corrected chi connectivity index (χ4v) is 2.59. The fraction of sp³-hybridized carbons (Fsp3) is 0.400. The van der Waals surface area contributed by atoms with Crippen LogP contribution < -0.4 is 5.32 Å². The number of aromatic nitrogens is 3. The maximum Gasteiger partial charge on any atom is 0.160 e. The van der Waals surface area contributed by atoms with Crippen LogP contribution in [-0.2, 0) is 0 Å². The number of hydrogen-bond acceptors (Lipinski definition) is 4. The molecular formula is C15H18N4. The first-order valence-electron chi connectivity index (χ1n) is 6.79. The van der Waals surface area contributed by atoms with Gasteiger partial charge in [0.1, 0.15) is 0 Å². The van der Waals surface area contributed by atoms with Gasteiger partial charge in [-0.3, -0.25) is 4.98 Å². The molecule has 3 heterocycles. The molecule has 19 heavy (non-hydrogen) atoms. The lowest BCUT2D eigenvalue weighted by atomic mass is 9.93. The average Bonchev–Trinajstić information content (AvgIpc) is 2.49. The molecule has 0 aliphatic carbocycles. The van der Waals surface area contributed by atoms with E-state index in [1.54, 1.807) is 6.20 Å². The van der Waals surface area contributed by atoms with Crippen LogP contribution in [0.25, 0.3) is 11.4 Å². The molecule has 1 unspecified atom stereocenters. The standard InChI is InChI=1S/C15H18N4/c1-11-8-18-15(13-5-3-7-17-10-13)19-14(11)12-4-2-6-16-9-12/h3,5,7-8,10,12,16H,2,4,6,9H2,1H3. The van der Waals surface area contributed by atoms with E-state index in [0.29, 0.717) is 5.92 Å². The molecule has 2 aromatic heterocycles. The zero-order valence-corrected chi connectivity index (χ0v) is 11.1. The summed E-state index contributed by atoms with van der Waals surface area (Å²) in [5.74, 6) is 1.28. The Kier molecular flexibility index (Phi) is 3.51. The van der Waals surface area contributed by atoms with E-state index < -0.39 is 0 Å². The Morgan fingerprint density at radius 2 is 2.26 bits per heavy atom. The van der Waals surface area contributed by atoms with Crippen molar-refractivity contribution in [2.24, 2.45) is 0 Å². The minimum atomic E-state index is 0.507. The van der Waals surface area contributed by atoms with Gasteiger partial charge >= 0.3 is 0 Å². The van der Waals surface area contributed by atoms with Gasteiger partial charge in [-0.05, 0) is 44.0 Å². The van der Waals surface area contributed by atoms with Crippen molar-refractivity contribution in [2.75, 3.05) is 13.1 Å². The Morgan fingerprint density at radius 1 is 1.32 bits per heavy atom. The molecule has 0 spiro atoms. The highest BCUT2D eigenvalue weighted by atomic mass is 14.9. The van der Waals surface area contributed by atoms with Crippen molar-refractivity contribution in [3.05, 3.63) is 42.0 Å². The van der Waals surface area contributed by atoms with Gasteiger partial charge in [-0.15, -0.1) is 0 Å². The first-order valence-corrected chi connectivity index (χ1v) is 6.79. The predicted molar refractivity (Wildman–Crippen MR) is 74.8 cm³/mol. The minimum Gasteiger partial charge on any atom is -0.316 e. The lowest BCUT2D eigenvalue weighted by Gasteiger charge is -2.23. The molecule has 98 valence electrons. The van der Waals surface area contributed by atoms with Gasteiger partial charge in [0.05, 0.1) is 5.69 Å². The minimum absolute atomic E-state index is 0.507. The number of rotatable bonds is 2. The summed E-state index contributed by atoms with van der Waals surface area (Å²) in [6.45, 7) is 4.23. The smallest absolute Gasteiger partial charge is 0.160 e. The van der Waals surface area contributed by atoms with E-state index >= 15 is 0 Å². The van der Waals surface area contributed by atoms with Gasteiger partial charge in [0.25, 0.3) is 0 Å². The van der Waals surface area contributed by atoms with Crippen LogP contribution in [0.1, 0.15) is 30.0 Å². The van der Waals surface area contributed by atoms with Gasteiger partial charge < -0.3 is 5.32 Å². The monoisotopic (exact) mass is 254 g/mol. The zero-order chi connectivity index (χ0) is 13.1. The van der Waals surface area contributed by atoms with E-state index in [1.165, 1.54) is 24.1 Å². The predicted octanol–water partition coefficient (Wildman–Crippen LogP) is 2.31. The van der Waals surface area contributed by atoms with Crippen LogP contribution in [0.2, 0.25) is 0 Å². The summed E-state index contributed by atoms with van der Waals surface area (Å²) < 4.78 is 0. The number of aryl methyl sites for hydroxylation is 1. The normalized spacial score (nSPS) is 19.3. The molecule has 1 N–H and O–H groups in total. The fourth-order valence-electron chi connectivity index (χ4n) is 2.59. The molecule has 1 aliphatic heterocycles. The number of nitrogens with one attached hydrogen (secondary N) is 1. The first kappa shape index (κ1) is 12.2. The Balaban J connectivity index is 1.96. The molecule has 4 nitrogen and oxygen atoms in total. The van der Waals surface area contributed by atoms with Crippen molar-refractivity contribution >= 4 is 0 Å². The van der Waals surface area contributed by atoms with Gasteiger partial charge in [0.15, 0.2) is 5.82 Å². The maximum absolute atomic E-state index is 4.78. The van der Waals surface area contributed by atoms with Crippen molar-refractivity contribution in [3.63, 3.8) is 0 Å². The Labute approximate surface area is 113 Å². The van der Waals surface area contributed by atoms with Crippen LogP contribution in [0.5, 0.6) is 0 Å². The molecule has 0 bridgehead atoms. The zero-order valence-electron chi connectivity index (χ0n) is 11.1. The van der Waals surface area contributed by atoms with Gasteiger partial charge in [-0.1, -0.05) is 0 Å². The third-order valence-electron chi connectivity index (χ3n) is 3.61. The highest BCUT2D eigenvalue weighted by Gasteiger charge is 2.19. The Morgan fingerprint density at radius 3 is 3.00 bits per heavy atom. The van der Waals surface area contributed by atoms with E-state index in [-0.39, 0.29) is 0 Å². The van der Waals surface area contributed by atoms with Crippen LogP contribution in [0.15, 0.2) is 30.7 Å². The van der Waals surface area contributed by atoms with E-state index in [1.807, 2.05) is 24.5 Å². The lowest BCUT2D eigenvalue weighted by molar-refractivity contribution is 0.453. The molecule has 1 atom stereocenters. The Hall–Kier alpha value is -1.81. The second kappa shape index (κ2) is 5.45. The molecule has 0 radical (unpaired) electrons. The number of nitrogens with zero attached hydrogens (tertiary/aromatic N) is 3. The second-order valence-electron chi connectivity index (χ2n) is 5.05.